The Balaban J connectivity index is 0.725. The minimum atomic E-state index is -4.41. The third-order valence-electron chi connectivity index (χ3n) is 12.6. The van der Waals surface area contributed by atoms with Crippen LogP contribution >= 0.6 is 0 Å². The second kappa shape index (κ2) is 17.0. The summed E-state index contributed by atoms with van der Waals surface area (Å²) in [7, 11) is 0. The van der Waals surface area contributed by atoms with E-state index in [9.17, 15) is 37.1 Å². The molecule has 4 aromatic carbocycles. The van der Waals surface area contributed by atoms with Gasteiger partial charge in [-0.05, 0) is 108 Å². The zero-order valence-corrected chi connectivity index (χ0v) is 34.6. The van der Waals surface area contributed by atoms with E-state index in [2.05, 4.69) is 25.8 Å². The van der Waals surface area contributed by atoms with Gasteiger partial charge in [0.05, 0.1) is 28.4 Å². The van der Waals surface area contributed by atoms with Crippen LogP contribution in [0.15, 0.2) is 97.1 Å². The van der Waals surface area contributed by atoms with E-state index in [-0.39, 0.29) is 36.4 Å². The number of amides is 5. The molecule has 0 aliphatic carbocycles. The summed E-state index contributed by atoms with van der Waals surface area (Å²) in [4.78, 5) is 74.4. The number of benzene rings is 4. The number of nitrogens with zero attached hydrogens (tertiary/aromatic N) is 4. The summed E-state index contributed by atoms with van der Waals surface area (Å²) in [5.41, 5.74) is 3.44. The smallest absolute Gasteiger partial charge is 0.367 e. The first-order valence-electron chi connectivity index (χ1n) is 21.3. The molecule has 324 valence electrons. The van der Waals surface area contributed by atoms with Crippen LogP contribution in [0.25, 0.3) is 21.9 Å². The van der Waals surface area contributed by atoms with E-state index < -0.39 is 41.4 Å². The second-order valence-corrected chi connectivity index (χ2v) is 17.1. The van der Waals surface area contributed by atoms with Crippen LogP contribution in [0.4, 0.5) is 19.0 Å². The number of nitrogens with one attached hydrogen (secondary N) is 3. The lowest BCUT2D eigenvalue weighted by Crippen LogP contribution is -2.54. The Bertz CT molecular complexity index is 2620. The summed E-state index contributed by atoms with van der Waals surface area (Å²) in [5.74, 6) is -0.984. The van der Waals surface area contributed by atoms with Gasteiger partial charge in [0.2, 0.25) is 11.8 Å². The Kier molecular flexibility index (Phi) is 11.3. The van der Waals surface area contributed by atoms with Gasteiger partial charge in [-0.15, -0.1) is 0 Å². The molecule has 2 atom stereocenters. The van der Waals surface area contributed by atoms with E-state index in [4.69, 9.17) is 4.98 Å². The molecule has 1 aromatic heterocycles. The van der Waals surface area contributed by atoms with Crippen LogP contribution in [0.1, 0.15) is 86.5 Å². The molecule has 3 fully saturated rings. The summed E-state index contributed by atoms with van der Waals surface area (Å²) < 4.78 is 39.4. The summed E-state index contributed by atoms with van der Waals surface area (Å²) in [6.07, 6.45) is -2.27. The number of pyridine rings is 1. The number of likely N-dealkylation sites (tertiary alicyclic amines) is 2. The summed E-state index contributed by atoms with van der Waals surface area (Å²) in [6, 6.07) is 25.9. The molecule has 15 heteroatoms. The molecule has 0 bridgehead atoms. The molecule has 3 saturated heterocycles. The molecule has 5 aromatic rings. The zero-order chi connectivity index (χ0) is 44.0. The van der Waals surface area contributed by atoms with Gasteiger partial charge >= 0.3 is 6.18 Å². The van der Waals surface area contributed by atoms with Gasteiger partial charge < -0.3 is 15.5 Å². The lowest BCUT2D eigenvalue weighted by molar-refractivity contribution is -0.138. The van der Waals surface area contributed by atoms with E-state index in [1.165, 1.54) is 12.1 Å². The largest absolute Gasteiger partial charge is 0.416 e. The molecule has 5 amide bonds. The van der Waals surface area contributed by atoms with Gasteiger partial charge in [0.1, 0.15) is 11.9 Å². The first-order chi connectivity index (χ1) is 30.3. The monoisotopic (exact) mass is 857 g/mol. The van der Waals surface area contributed by atoms with Crippen LogP contribution in [-0.4, -0.2) is 94.0 Å². The Morgan fingerprint density at radius 1 is 0.825 bits per heavy atom. The Morgan fingerprint density at radius 3 is 2.32 bits per heavy atom. The number of alkyl halides is 3. The second-order valence-electron chi connectivity index (χ2n) is 17.1. The Morgan fingerprint density at radius 2 is 1.57 bits per heavy atom. The molecule has 4 aliphatic rings. The number of piperidine rings is 2. The fourth-order valence-electron chi connectivity index (χ4n) is 9.27. The quantitative estimate of drug-likeness (QED) is 0.122. The van der Waals surface area contributed by atoms with Crippen molar-refractivity contribution in [1.82, 2.24) is 30.3 Å². The van der Waals surface area contributed by atoms with Crippen LogP contribution < -0.4 is 16.0 Å². The molecule has 5 heterocycles. The molecule has 12 nitrogen and oxygen atoms in total. The lowest BCUT2D eigenvalue weighted by Gasteiger charge is -2.43. The van der Waals surface area contributed by atoms with Gasteiger partial charge in [0, 0.05) is 57.3 Å². The molecule has 1 unspecified atom stereocenters. The maximum absolute atomic E-state index is 13.4. The van der Waals surface area contributed by atoms with Crippen molar-refractivity contribution in [2.24, 2.45) is 5.92 Å². The van der Waals surface area contributed by atoms with Crippen molar-refractivity contribution >= 4 is 46.1 Å². The van der Waals surface area contributed by atoms with E-state index in [1.54, 1.807) is 24.3 Å². The fraction of sp³-hybridized carbons (Fsp3) is 0.333. The van der Waals surface area contributed by atoms with E-state index >= 15 is 0 Å². The van der Waals surface area contributed by atoms with Crippen molar-refractivity contribution in [1.29, 1.82) is 0 Å². The molecule has 0 saturated carbocycles. The third kappa shape index (κ3) is 8.80. The van der Waals surface area contributed by atoms with Gasteiger partial charge in [0.25, 0.3) is 17.7 Å². The molecule has 3 N–H and O–H groups in total. The highest BCUT2D eigenvalue weighted by Crippen LogP contribution is 2.34. The van der Waals surface area contributed by atoms with Crippen molar-refractivity contribution in [3.8, 4) is 11.1 Å². The summed E-state index contributed by atoms with van der Waals surface area (Å²) in [6.45, 7) is 7.34. The summed E-state index contributed by atoms with van der Waals surface area (Å²) in [5, 5.41) is 10.5. The molecule has 9 rings (SSSR count). The number of anilines is 1. The molecule has 4 aliphatic heterocycles. The van der Waals surface area contributed by atoms with Crippen LogP contribution in [0.5, 0.6) is 0 Å². The van der Waals surface area contributed by atoms with Crippen LogP contribution in [0.3, 0.4) is 0 Å². The number of carbonyl (C=O) groups excluding carboxylic acids is 5. The van der Waals surface area contributed by atoms with Gasteiger partial charge in [-0.3, -0.25) is 39.1 Å². The zero-order valence-electron chi connectivity index (χ0n) is 34.6. The van der Waals surface area contributed by atoms with Gasteiger partial charge in [-0.2, -0.15) is 13.2 Å². The minimum Gasteiger partial charge on any atom is -0.367 e. The average Bonchev–Trinajstić information content (AvgIpc) is 3.50. The number of imide groups is 2. The number of halogens is 3. The average molecular weight is 858 g/mol. The molecule has 63 heavy (non-hydrogen) atoms. The van der Waals surface area contributed by atoms with Crippen LogP contribution in [0.2, 0.25) is 0 Å². The highest BCUT2D eigenvalue weighted by atomic mass is 19.4. The number of hydrogen-bond acceptors (Lipinski definition) is 9. The number of aromatic nitrogens is 1. The Hall–Kier alpha value is -6.45. The highest BCUT2D eigenvalue weighted by Gasteiger charge is 2.45. The number of hydrogen-bond donors (Lipinski definition) is 3. The summed E-state index contributed by atoms with van der Waals surface area (Å²) >= 11 is 0. The molecule has 0 radical (unpaired) electrons. The third-order valence-corrected chi connectivity index (χ3v) is 12.6. The predicted molar refractivity (Wildman–Crippen MR) is 229 cm³/mol. The van der Waals surface area contributed by atoms with Gasteiger partial charge in [0.15, 0.2) is 0 Å². The molecular weight excluding hydrogens is 812 g/mol. The number of fused-ring (bicyclic) bond motifs is 2. The first-order valence-corrected chi connectivity index (χ1v) is 21.3. The SMILES string of the molecule is C[C@H](NC(=O)c1ccc2c(-c3ccc(C(F)(F)F)cc3)cccc2c1)c1cccc(NC2CCN(CC3CN(Cc4ccc5c(c4)C(=O)N(C4CCC(=O)NC4=O)C5=O)C3)CC2)n1. The van der Waals surface area contributed by atoms with Crippen molar-refractivity contribution in [3.63, 3.8) is 0 Å². The van der Waals surface area contributed by atoms with E-state index in [0.29, 0.717) is 29.2 Å². The van der Waals surface area contributed by atoms with Crippen molar-refractivity contribution in [2.45, 2.75) is 63.5 Å². The van der Waals surface area contributed by atoms with Crippen LogP contribution in [0, 0.1) is 5.92 Å². The number of rotatable bonds is 11. The maximum atomic E-state index is 13.4. The molecular formula is C48H46F3N7O5. The van der Waals surface area contributed by atoms with Crippen molar-refractivity contribution < 1.29 is 37.1 Å². The fourth-order valence-corrected chi connectivity index (χ4v) is 9.27. The van der Waals surface area contributed by atoms with E-state index in [1.807, 2.05) is 55.5 Å². The van der Waals surface area contributed by atoms with Gasteiger partial charge in [-0.25, -0.2) is 4.98 Å². The lowest BCUT2D eigenvalue weighted by atomic mass is 9.96. The predicted octanol–water partition coefficient (Wildman–Crippen LogP) is 6.82. The standard InChI is InChI=1S/C48H46F3N7O5/c1-28(52-44(60)33-11-15-37-32(23-33)4-2-5-36(37)31-9-12-34(13-10-31)48(49,50)51)40-6-3-7-42(54-40)53-35-18-20-56(21-19-35)25-30-26-57(27-30)24-29-8-14-38-39(22-29)47(63)58(46(38)62)41-16-17-43(59)55-45(41)61/h2-15,22-23,28,30,35,41H,16-21,24-27H2,1H3,(H,52,60)(H,53,54)(H,55,59,61)/t28-,41?/m0/s1. The van der Waals surface area contributed by atoms with Crippen LogP contribution in [-0.2, 0) is 22.3 Å². The normalized spacial score (nSPS) is 19.5. The topological polar surface area (TPSA) is 144 Å². The van der Waals surface area contributed by atoms with Crippen molar-refractivity contribution in [2.75, 3.05) is 38.0 Å². The van der Waals surface area contributed by atoms with Crippen molar-refractivity contribution in [3.05, 3.63) is 131 Å². The minimum absolute atomic E-state index is 0.0826. The molecule has 0 spiro atoms. The highest BCUT2D eigenvalue weighted by molar-refractivity contribution is 6.23. The van der Waals surface area contributed by atoms with E-state index in [0.717, 1.165) is 96.0 Å². The maximum Gasteiger partial charge on any atom is 0.416 e. The number of carbonyl (C=O) groups is 5. The van der Waals surface area contributed by atoms with Gasteiger partial charge in [-0.1, -0.05) is 48.5 Å². The first kappa shape index (κ1) is 41.9. The Labute approximate surface area is 361 Å².